The number of morpholine rings is 1. The second-order valence-corrected chi connectivity index (χ2v) is 11.9. The Kier molecular flexibility index (Phi) is 5.18. The highest BCUT2D eigenvalue weighted by Crippen LogP contribution is 2.66. The molecule has 2 saturated heterocycles. The Labute approximate surface area is 225 Å². The number of benzene rings is 2. The Bertz CT molecular complexity index is 1580. The predicted octanol–water partition coefficient (Wildman–Crippen LogP) is 3.99. The molecule has 9 nitrogen and oxygen atoms in total. The molecule has 200 valence electrons. The molecule has 39 heavy (non-hydrogen) atoms. The maximum absolute atomic E-state index is 14.3. The molecule has 5 aliphatic rings. The highest BCUT2D eigenvalue weighted by atomic mass is 32.1. The van der Waals surface area contributed by atoms with Gasteiger partial charge in [0, 0.05) is 11.6 Å². The second-order valence-electron chi connectivity index (χ2n) is 10.9. The number of methoxy groups -OCH3 is 1. The van der Waals surface area contributed by atoms with E-state index < -0.39 is 34.4 Å². The number of aromatic nitrogens is 1. The fourth-order valence-corrected chi connectivity index (χ4v) is 7.72. The summed E-state index contributed by atoms with van der Waals surface area (Å²) in [6.45, 7) is 1.26. The smallest absolute Gasteiger partial charge is 0.260 e. The molecule has 2 atom stereocenters. The molecule has 3 heterocycles. The molecule has 0 spiro atoms. The van der Waals surface area contributed by atoms with E-state index in [0.29, 0.717) is 42.7 Å². The van der Waals surface area contributed by atoms with E-state index >= 15 is 0 Å². The monoisotopic (exact) mass is 551 g/mol. The van der Waals surface area contributed by atoms with Crippen LogP contribution in [0.15, 0.2) is 24.3 Å². The van der Waals surface area contributed by atoms with Crippen LogP contribution in [0.3, 0.4) is 0 Å². The van der Waals surface area contributed by atoms with Crippen LogP contribution in [0.1, 0.15) is 46.4 Å². The summed E-state index contributed by atoms with van der Waals surface area (Å²) in [6.07, 6.45) is 2.59. The number of thiazole rings is 1. The summed E-state index contributed by atoms with van der Waals surface area (Å²) in [5.41, 5.74) is -0.508. The zero-order valence-electron chi connectivity index (χ0n) is 20.8. The Morgan fingerprint density at radius 1 is 1.18 bits per heavy atom. The van der Waals surface area contributed by atoms with Crippen molar-refractivity contribution in [3.8, 4) is 11.8 Å². The van der Waals surface area contributed by atoms with Crippen LogP contribution in [0.5, 0.6) is 5.75 Å². The van der Waals surface area contributed by atoms with Crippen LogP contribution in [0, 0.1) is 28.4 Å². The van der Waals surface area contributed by atoms with Crippen molar-refractivity contribution < 1.29 is 27.8 Å². The molecule has 0 radical (unpaired) electrons. The van der Waals surface area contributed by atoms with Gasteiger partial charge in [-0.15, -0.1) is 0 Å². The van der Waals surface area contributed by atoms with Crippen LogP contribution >= 0.6 is 11.3 Å². The van der Waals surface area contributed by atoms with E-state index in [9.17, 15) is 23.6 Å². The van der Waals surface area contributed by atoms with Gasteiger partial charge in [-0.1, -0.05) is 11.3 Å². The summed E-state index contributed by atoms with van der Waals surface area (Å²) in [6, 6.07) is 7.73. The number of hydrogen-bond acceptors (Lipinski definition) is 8. The summed E-state index contributed by atoms with van der Waals surface area (Å²) in [7, 11) is 1.44. The molecule has 8 rings (SSSR count). The Morgan fingerprint density at radius 3 is 2.56 bits per heavy atom. The summed E-state index contributed by atoms with van der Waals surface area (Å²) < 4.78 is 40.2. The first-order chi connectivity index (χ1) is 18.7. The van der Waals surface area contributed by atoms with Gasteiger partial charge in [-0.3, -0.25) is 9.59 Å². The molecule has 3 aliphatic carbocycles. The normalized spacial score (nSPS) is 28.0. The van der Waals surface area contributed by atoms with Gasteiger partial charge in [-0.2, -0.15) is 5.26 Å². The summed E-state index contributed by atoms with van der Waals surface area (Å²) >= 11 is 1.35. The Hall–Kier alpha value is -3.82. The van der Waals surface area contributed by atoms with Crippen LogP contribution < -0.4 is 20.3 Å². The first-order valence-corrected chi connectivity index (χ1v) is 13.4. The molecule has 2 N–H and O–H groups in total. The number of carbonyl (C=O) groups excluding carboxylic acids is 2. The zero-order valence-corrected chi connectivity index (χ0v) is 21.7. The Morgan fingerprint density at radius 2 is 1.90 bits per heavy atom. The standard InChI is InChI=1S/C27H23F2N5O4S/c1-37-20-3-2-18-22(39-25(32-18)34-13-4-14(34)8-38-7-13)21(20)24(36)31-19-6-17(29)16(28)5-15(19)23(35)33-27-9-26(10-27,11-27)12-30/h2-3,5-6,13-14H,4,7-11H2,1H3,(H,31,36)(H,33,35). The SMILES string of the molecule is COc1ccc2nc(N3C4COCC3C4)sc2c1C(=O)Nc1cc(F)c(F)cc1C(=O)NC12CC(C#N)(C1)C2. The van der Waals surface area contributed by atoms with Gasteiger partial charge in [0.15, 0.2) is 16.8 Å². The van der Waals surface area contributed by atoms with Gasteiger partial charge in [-0.25, -0.2) is 13.8 Å². The molecule has 2 amide bonds. The van der Waals surface area contributed by atoms with Crippen LogP contribution in [0.4, 0.5) is 19.6 Å². The molecule has 5 fully saturated rings. The molecule has 1 aromatic heterocycles. The van der Waals surface area contributed by atoms with E-state index in [1.807, 2.05) is 0 Å². The number of anilines is 2. The van der Waals surface area contributed by atoms with Crippen molar-refractivity contribution >= 4 is 44.2 Å². The van der Waals surface area contributed by atoms with Crippen LogP contribution in [-0.2, 0) is 4.74 Å². The van der Waals surface area contributed by atoms with Crippen LogP contribution in [0.25, 0.3) is 10.2 Å². The van der Waals surface area contributed by atoms with E-state index in [2.05, 4.69) is 21.6 Å². The molecule has 3 aromatic rings. The number of ether oxygens (including phenoxy) is 2. The predicted molar refractivity (Wildman–Crippen MR) is 138 cm³/mol. The topological polar surface area (TPSA) is 117 Å². The minimum atomic E-state index is -1.21. The molecule has 12 heteroatoms. The quantitative estimate of drug-likeness (QED) is 0.476. The van der Waals surface area contributed by atoms with Crippen molar-refractivity contribution in [2.45, 2.75) is 43.3 Å². The van der Waals surface area contributed by atoms with Gasteiger partial charge < -0.3 is 25.0 Å². The van der Waals surface area contributed by atoms with Gasteiger partial charge >= 0.3 is 0 Å². The number of halogens is 2. The number of hydrogen-bond donors (Lipinski definition) is 2. The van der Waals surface area contributed by atoms with Crippen molar-refractivity contribution in [2.24, 2.45) is 5.41 Å². The maximum atomic E-state index is 14.3. The van der Waals surface area contributed by atoms with E-state index in [-0.39, 0.29) is 34.6 Å². The summed E-state index contributed by atoms with van der Waals surface area (Å²) in [5.74, 6) is -3.42. The number of rotatable bonds is 6. The first-order valence-electron chi connectivity index (χ1n) is 12.6. The van der Waals surface area contributed by atoms with Gasteiger partial charge in [-0.05, 0) is 43.9 Å². The highest BCUT2D eigenvalue weighted by Gasteiger charge is 2.69. The summed E-state index contributed by atoms with van der Waals surface area (Å²) in [5, 5.41) is 15.5. The van der Waals surface area contributed by atoms with E-state index in [4.69, 9.17) is 14.5 Å². The lowest BCUT2D eigenvalue weighted by Gasteiger charge is -2.66. The molecule has 3 saturated carbocycles. The minimum Gasteiger partial charge on any atom is -0.496 e. The molecule has 2 aliphatic heterocycles. The first kappa shape index (κ1) is 24.2. The molecule has 2 aromatic carbocycles. The van der Waals surface area contributed by atoms with Gasteiger partial charge in [0.2, 0.25) is 0 Å². The van der Waals surface area contributed by atoms with E-state index in [1.165, 1.54) is 18.4 Å². The molecule has 4 bridgehead atoms. The van der Waals surface area contributed by atoms with Crippen molar-refractivity contribution in [3.05, 3.63) is 47.0 Å². The third-order valence-electron chi connectivity index (χ3n) is 8.33. The van der Waals surface area contributed by atoms with E-state index in [0.717, 1.165) is 23.7 Å². The average molecular weight is 552 g/mol. The van der Waals surface area contributed by atoms with Crippen LogP contribution in [-0.4, -0.2) is 54.7 Å². The van der Waals surface area contributed by atoms with Crippen molar-refractivity contribution in [3.63, 3.8) is 0 Å². The third kappa shape index (κ3) is 3.60. The van der Waals surface area contributed by atoms with Crippen molar-refractivity contribution in [2.75, 3.05) is 30.5 Å². The van der Waals surface area contributed by atoms with Gasteiger partial charge in [0.25, 0.3) is 11.8 Å². The number of amides is 2. The third-order valence-corrected chi connectivity index (χ3v) is 9.43. The average Bonchev–Trinajstić information content (AvgIpc) is 3.29. The van der Waals surface area contributed by atoms with Gasteiger partial charge in [0.1, 0.15) is 11.3 Å². The maximum Gasteiger partial charge on any atom is 0.260 e. The summed E-state index contributed by atoms with van der Waals surface area (Å²) in [4.78, 5) is 33.7. The number of fused-ring (bicyclic) bond motifs is 3. The van der Waals surface area contributed by atoms with Crippen molar-refractivity contribution in [1.29, 1.82) is 5.26 Å². The molecular formula is C27H23F2N5O4S. The lowest BCUT2D eigenvalue weighted by atomic mass is 9.40. The lowest BCUT2D eigenvalue weighted by Crippen LogP contribution is -2.74. The van der Waals surface area contributed by atoms with Crippen molar-refractivity contribution in [1.82, 2.24) is 10.3 Å². The van der Waals surface area contributed by atoms with Crippen LogP contribution in [0.2, 0.25) is 0 Å². The number of nitriles is 1. The Balaban J connectivity index is 1.20. The largest absolute Gasteiger partial charge is 0.496 e. The molecule has 2 unspecified atom stereocenters. The lowest BCUT2D eigenvalue weighted by molar-refractivity contribution is -0.102. The fourth-order valence-electron chi connectivity index (χ4n) is 6.48. The zero-order chi connectivity index (χ0) is 27.1. The number of carbonyl (C=O) groups is 2. The minimum absolute atomic E-state index is 0.170. The molecular weight excluding hydrogens is 528 g/mol. The number of nitrogens with one attached hydrogen (secondary N) is 2. The highest BCUT2D eigenvalue weighted by molar-refractivity contribution is 7.22. The number of nitrogens with zero attached hydrogens (tertiary/aromatic N) is 3. The fraction of sp³-hybridized carbons (Fsp3) is 0.407. The van der Waals surface area contributed by atoms with E-state index in [1.54, 1.807) is 12.1 Å². The van der Waals surface area contributed by atoms with Gasteiger partial charge in [0.05, 0.1) is 65.4 Å². The second kappa shape index (κ2) is 8.34.